The number of hydrogen-bond acceptors (Lipinski definition) is 2. The lowest BCUT2D eigenvalue weighted by Crippen LogP contribution is -2.31. The summed E-state index contributed by atoms with van der Waals surface area (Å²) in [5.41, 5.74) is 6.28. The summed E-state index contributed by atoms with van der Waals surface area (Å²) >= 11 is 0. The van der Waals surface area contributed by atoms with E-state index in [9.17, 15) is 9.18 Å². The topological polar surface area (TPSA) is 43.1 Å². The summed E-state index contributed by atoms with van der Waals surface area (Å²) in [5, 5.41) is 0. The zero-order chi connectivity index (χ0) is 11.3. The van der Waals surface area contributed by atoms with E-state index in [1.165, 1.54) is 12.1 Å². The summed E-state index contributed by atoms with van der Waals surface area (Å²) in [6, 6.07) is 5.14. The van der Waals surface area contributed by atoms with Crippen molar-refractivity contribution in [2.75, 3.05) is 0 Å². The summed E-state index contributed by atoms with van der Waals surface area (Å²) in [6.45, 7) is 0. The quantitative estimate of drug-likeness (QED) is 0.752. The molecule has 0 aliphatic carbocycles. The van der Waals surface area contributed by atoms with Crippen LogP contribution < -0.4 is 5.73 Å². The fourth-order valence-corrected chi connectivity index (χ4v) is 1.18. The van der Waals surface area contributed by atoms with Crippen LogP contribution in [0.1, 0.15) is 12.0 Å². The van der Waals surface area contributed by atoms with Crippen molar-refractivity contribution in [1.29, 1.82) is 0 Å². The van der Waals surface area contributed by atoms with Crippen molar-refractivity contribution in [3.8, 4) is 12.3 Å². The van der Waals surface area contributed by atoms with Crippen molar-refractivity contribution < 1.29 is 9.18 Å². The van der Waals surface area contributed by atoms with Crippen LogP contribution in [0.2, 0.25) is 0 Å². The van der Waals surface area contributed by atoms with Crippen LogP contribution in [0.4, 0.5) is 4.39 Å². The maximum Gasteiger partial charge on any atom is 0.154 e. The Morgan fingerprint density at radius 2 is 2.07 bits per heavy atom. The van der Waals surface area contributed by atoms with Crippen molar-refractivity contribution in [2.24, 2.45) is 5.73 Å². The van der Waals surface area contributed by atoms with Gasteiger partial charge in [-0.05, 0) is 17.7 Å². The van der Waals surface area contributed by atoms with Gasteiger partial charge in [-0.2, -0.15) is 0 Å². The zero-order valence-electron chi connectivity index (χ0n) is 8.24. The monoisotopic (exact) mass is 205 g/mol. The van der Waals surface area contributed by atoms with Crippen LogP contribution in [0, 0.1) is 18.2 Å². The highest BCUT2D eigenvalue weighted by Crippen LogP contribution is 2.05. The molecule has 0 fully saturated rings. The van der Waals surface area contributed by atoms with E-state index in [4.69, 9.17) is 12.2 Å². The molecule has 15 heavy (non-hydrogen) atoms. The van der Waals surface area contributed by atoms with Crippen molar-refractivity contribution >= 4 is 5.78 Å². The van der Waals surface area contributed by atoms with Crippen molar-refractivity contribution in [1.82, 2.24) is 0 Å². The number of ketones is 1. The molecule has 1 unspecified atom stereocenters. The predicted octanol–water partition coefficient (Wildman–Crippen LogP) is 1.29. The van der Waals surface area contributed by atoms with E-state index < -0.39 is 6.04 Å². The molecule has 1 rings (SSSR count). The summed E-state index contributed by atoms with van der Waals surface area (Å²) in [5.74, 6) is 1.89. The second-order valence-electron chi connectivity index (χ2n) is 3.28. The standard InChI is InChI=1S/C12H12FNO/c1-2-3-11(14)12(15)8-9-4-6-10(13)7-5-9/h1,4-7,11H,3,8,14H2. The Morgan fingerprint density at radius 3 is 2.60 bits per heavy atom. The Bertz CT molecular complexity index is 378. The minimum absolute atomic E-state index is 0.125. The third-order valence-electron chi connectivity index (χ3n) is 2.04. The number of halogens is 1. The van der Waals surface area contributed by atoms with Crippen LogP contribution in [-0.4, -0.2) is 11.8 Å². The molecule has 2 N–H and O–H groups in total. The van der Waals surface area contributed by atoms with Crippen LogP contribution >= 0.6 is 0 Å². The van der Waals surface area contributed by atoms with Crippen LogP contribution in [0.5, 0.6) is 0 Å². The molecular weight excluding hydrogens is 193 g/mol. The number of rotatable bonds is 4. The lowest BCUT2D eigenvalue weighted by molar-refractivity contribution is -0.119. The molecule has 0 bridgehead atoms. The molecule has 2 nitrogen and oxygen atoms in total. The smallest absolute Gasteiger partial charge is 0.154 e. The van der Waals surface area contributed by atoms with Gasteiger partial charge in [0.2, 0.25) is 0 Å². The number of nitrogens with two attached hydrogens (primary N) is 1. The predicted molar refractivity (Wildman–Crippen MR) is 56.5 cm³/mol. The Hall–Kier alpha value is -1.66. The fourth-order valence-electron chi connectivity index (χ4n) is 1.18. The van der Waals surface area contributed by atoms with Gasteiger partial charge in [-0.15, -0.1) is 12.3 Å². The first-order valence-corrected chi connectivity index (χ1v) is 4.59. The van der Waals surface area contributed by atoms with Crippen LogP contribution in [0.15, 0.2) is 24.3 Å². The Balaban J connectivity index is 2.59. The molecule has 0 radical (unpaired) electrons. The molecule has 0 heterocycles. The van der Waals surface area contributed by atoms with Crippen LogP contribution in [0.25, 0.3) is 0 Å². The lowest BCUT2D eigenvalue weighted by Gasteiger charge is -2.06. The van der Waals surface area contributed by atoms with E-state index in [2.05, 4.69) is 5.92 Å². The molecule has 0 spiro atoms. The van der Waals surface area contributed by atoms with Gasteiger partial charge in [0.15, 0.2) is 5.78 Å². The normalized spacial score (nSPS) is 11.8. The molecule has 1 aromatic carbocycles. The van der Waals surface area contributed by atoms with E-state index in [1.54, 1.807) is 12.1 Å². The van der Waals surface area contributed by atoms with Gasteiger partial charge in [0.05, 0.1) is 6.04 Å². The molecular formula is C12H12FNO. The van der Waals surface area contributed by atoms with Gasteiger partial charge in [-0.3, -0.25) is 4.79 Å². The minimum Gasteiger partial charge on any atom is -0.321 e. The first-order valence-electron chi connectivity index (χ1n) is 4.59. The molecule has 0 aliphatic heterocycles. The maximum absolute atomic E-state index is 12.6. The summed E-state index contributed by atoms with van der Waals surface area (Å²) in [4.78, 5) is 11.5. The average molecular weight is 205 g/mol. The minimum atomic E-state index is -0.625. The van der Waals surface area contributed by atoms with Crippen molar-refractivity contribution in [3.05, 3.63) is 35.6 Å². The number of benzene rings is 1. The second kappa shape index (κ2) is 5.28. The average Bonchev–Trinajstić information content (AvgIpc) is 2.22. The Morgan fingerprint density at radius 1 is 1.47 bits per heavy atom. The summed E-state index contributed by atoms with van der Waals surface area (Å²) in [6.07, 6.45) is 5.48. The van der Waals surface area contributed by atoms with Gasteiger partial charge in [-0.25, -0.2) is 4.39 Å². The zero-order valence-corrected chi connectivity index (χ0v) is 8.24. The highest BCUT2D eigenvalue weighted by molar-refractivity contribution is 5.86. The second-order valence-corrected chi connectivity index (χ2v) is 3.28. The van der Waals surface area contributed by atoms with Gasteiger partial charge in [0.25, 0.3) is 0 Å². The molecule has 78 valence electrons. The van der Waals surface area contributed by atoms with Gasteiger partial charge >= 0.3 is 0 Å². The highest BCUT2D eigenvalue weighted by Gasteiger charge is 2.12. The number of carbonyl (C=O) groups is 1. The Labute approximate surface area is 88.3 Å². The van der Waals surface area contributed by atoms with Gasteiger partial charge in [0, 0.05) is 12.8 Å². The SMILES string of the molecule is C#CCC(N)C(=O)Cc1ccc(F)cc1. The molecule has 0 aromatic heterocycles. The largest absolute Gasteiger partial charge is 0.321 e. The third-order valence-corrected chi connectivity index (χ3v) is 2.04. The third kappa shape index (κ3) is 3.53. The number of Topliss-reactive ketones (excluding diaryl/α,β-unsaturated/α-hetero) is 1. The highest BCUT2D eigenvalue weighted by atomic mass is 19.1. The number of hydrogen-bond donors (Lipinski definition) is 1. The van der Waals surface area contributed by atoms with E-state index >= 15 is 0 Å². The molecule has 0 amide bonds. The van der Waals surface area contributed by atoms with E-state index in [1.807, 2.05) is 0 Å². The van der Waals surface area contributed by atoms with Gasteiger partial charge in [-0.1, -0.05) is 12.1 Å². The van der Waals surface area contributed by atoms with Crippen molar-refractivity contribution in [3.63, 3.8) is 0 Å². The first-order chi connectivity index (χ1) is 7.13. The molecule has 1 atom stereocenters. The van der Waals surface area contributed by atoms with E-state index in [0.29, 0.717) is 0 Å². The molecule has 0 aliphatic rings. The first kappa shape index (κ1) is 11.4. The fraction of sp³-hybridized carbons (Fsp3) is 0.250. The Kier molecular flexibility index (Phi) is 4.02. The van der Waals surface area contributed by atoms with Crippen LogP contribution in [-0.2, 0) is 11.2 Å². The number of terminal acetylenes is 1. The summed E-state index contributed by atoms with van der Waals surface area (Å²) < 4.78 is 12.6. The van der Waals surface area contributed by atoms with E-state index in [0.717, 1.165) is 5.56 Å². The van der Waals surface area contributed by atoms with Gasteiger partial charge < -0.3 is 5.73 Å². The van der Waals surface area contributed by atoms with Crippen LogP contribution in [0.3, 0.4) is 0 Å². The van der Waals surface area contributed by atoms with Crippen molar-refractivity contribution in [2.45, 2.75) is 18.9 Å². The van der Waals surface area contributed by atoms with Gasteiger partial charge in [0.1, 0.15) is 5.82 Å². The maximum atomic E-state index is 12.6. The summed E-state index contributed by atoms with van der Waals surface area (Å²) in [7, 11) is 0. The molecule has 0 saturated carbocycles. The number of carbonyl (C=O) groups excluding carboxylic acids is 1. The molecule has 3 heteroatoms. The molecule has 1 aromatic rings. The lowest BCUT2D eigenvalue weighted by atomic mass is 10.0. The molecule has 0 saturated heterocycles. The van der Waals surface area contributed by atoms with E-state index in [-0.39, 0.29) is 24.4 Å².